The van der Waals surface area contributed by atoms with Gasteiger partial charge in [0.15, 0.2) is 0 Å². The minimum absolute atomic E-state index is 0.0744. The van der Waals surface area contributed by atoms with E-state index in [2.05, 4.69) is 13.8 Å². The van der Waals surface area contributed by atoms with Gasteiger partial charge < -0.3 is 5.11 Å². The van der Waals surface area contributed by atoms with Crippen LogP contribution in [0.5, 0.6) is 0 Å². The van der Waals surface area contributed by atoms with E-state index in [1.54, 1.807) is 0 Å². The summed E-state index contributed by atoms with van der Waals surface area (Å²) >= 11 is 0. The first kappa shape index (κ1) is 9.06. The van der Waals surface area contributed by atoms with Crippen molar-refractivity contribution in [3.05, 3.63) is 29.8 Å². The normalized spacial score (nSPS) is 18.0. The molecular weight excluding hydrogens is 178 g/mol. The van der Waals surface area contributed by atoms with Crippen LogP contribution < -0.4 is 4.90 Å². The van der Waals surface area contributed by atoms with Crippen molar-refractivity contribution in [2.45, 2.75) is 19.3 Å². The van der Waals surface area contributed by atoms with Gasteiger partial charge in [-0.15, -0.1) is 0 Å². The number of carboxylic acid groups (broad SMARTS) is 1. The summed E-state index contributed by atoms with van der Waals surface area (Å²) < 4.78 is 0. The summed E-state index contributed by atoms with van der Waals surface area (Å²) in [5.41, 5.74) is 1.86. The van der Waals surface area contributed by atoms with E-state index in [1.807, 2.05) is 24.3 Å². The lowest BCUT2D eigenvalue weighted by molar-refractivity contribution is 0.201. The Hall–Kier alpha value is -1.51. The van der Waals surface area contributed by atoms with Crippen molar-refractivity contribution >= 4 is 11.8 Å². The average Bonchev–Trinajstić information content (AvgIpc) is 2.40. The molecule has 74 valence electrons. The largest absolute Gasteiger partial charge is 0.465 e. The van der Waals surface area contributed by atoms with Crippen molar-refractivity contribution in [1.82, 2.24) is 0 Å². The zero-order valence-corrected chi connectivity index (χ0v) is 8.32. The molecule has 1 heterocycles. The molecule has 0 spiro atoms. The Kier molecular flexibility index (Phi) is 1.77. The van der Waals surface area contributed by atoms with Crippen LogP contribution in [-0.4, -0.2) is 17.7 Å². The Labute approximate surface area is 83.0 Å². The van der Waals surface area contributed by atoms with E-state index in [9.17, 15) is 4.79 Å². The molecule has 1 aromatic carbocycles. The molecule has 0 bridgehead atoms. The number of benzene rings is 1. The van der Waals surface area contributed by atoms with Gasteiger partial charge in [-0.25, -0.2) is 4.79 Å². The van der Waals surface area contributed by atoms with Crippen LogP contribution >= 0.6 is 0 Å². The maximum Gasteiger partial charge on any atom is 0.411 e. The van der Waals surface area contributed by atoms with Gasteiger partial charge in [0.25, 0.3) is 0 Å². The topological polar surface area (TPSA) is 40.5 Å². The Bertz CT molecular complexity index is 385. The van der Waals surface area contributed by atoms with Crippen LogP contribution in [-0.2, 0) is 5.41 Å². The van der Waals surface area contributed by atoms with E-state index in [-0.39, 0.29) is 5.41 Å². The number of amides is 1. The lowest BCUT2D eigenvalue weighted by Gasteiger charge is -2.18. The molecular formula is C11H13NO2. The van der Waals surface area contributed by atoms with Gasteiger partial charge in [0.05, 0.1) is 5.69 Å². The van der Waals surface area contributed by atoms with E-state index >= 15 is 0 Å². The quantitative estimate of drug-likeness (QED) is 0.684. The van der Waals surface area contributed by atoms with E-state index in [1.165, 1.54) is 4.90 Å². The van der Waals surface area contributed by atoms with Crippen LogP contribution in [0.15, 0.2) is 24.3 Å². The maximum absolute atomic E-state index is 11.0. The number of nitrogens with zero attached hydrogens (tertiary/aromatic N) is 1. The van der Waals surface area contributed by atoms with Crippen LogP contribution in [0.2, 0.25) is 0 Å². The van der Waals surface area contributed by atoms with Crippen molar-refractivity contribution < 1.29 is 9.90 Å². The van der Waals surface area contributed by atoms with Gasteiger partial charge in [0.2, 0.25) is 0 Å². The van der Waals surface area contributed by atoms with Crippen molar-refractivity contribution in [1.29, 1.82) is 0 Å². The Morgan fingerprint density at radius 3 is 2.71 bits per heavy atom. The molecule has 0 unspecified atom stereocenters. The summed E-state index contributed by atoms with van der Waals surface area (Å²) in [5, 5.41) is 9.02. The first-order chi connectivity index (χ1) is 6.52. The summed E-state index contributed by atoms with van der Waals surface area (Å²) in [4.78, 5) is 12.4. The Morgan fingerprint density at radius 2 is 2.07 bits per heavy atom. The van der Waals surface area contributed by atoms with Crippen LogP contribution in [0.4, 0.5) is 10.5 Å². The van der Waals surface area contributed by atoms with Gasteiger partial charge in [0.1, 0.15) is 0 Å². The van der Waals surface area contributed by atoms with E-state index < -0.39 is 6.09 Å². The second-order valence-corrected chi connectivity index (χ2v) is 4.27. The molecule has 14 heavy (non-hydrogen) atoms. The van der Waals surface area contributed by atoms with Crippen LogP contribution in [0.1, 0.15) is 19.4 Å². The molecule has 0 saturated carbocycles. The van der Waals surface area contributed by atoms with Gasteiger partial charge in [0, 0.05) is 12.0 Å². The second kappa shape index (κ2) is 2.74. The minimum atomic E-state index is -0.872. The summed E-state index contributed by atoms with van der Waals surface area (Å²) in [7, 11) is 0. The predicted molar refractivity (Wildman–Crippen MR) is 54.8 cm³/mol. The number of carbonyl (C=O) groups is 1. The third-order valence-corrected chi connectivity index (χ3v) is 2.71. The molecule has 0 fully saturated rings. The number of para-hydroxylation sites is 1. The fraction of sp³-hybridized carbons (Fsp3) is 0.364. The summed E-state index contributed by atoms with van der Waals surface area (Å²) in [6.07, 6.45) is -0.872. The van der Waals surface area contributed by atoms with Gasteiger partial charge in [-0.2, -0.15) is 0 Å². The molecule has 0 radical (unpaired) electrons. The smallest absolute Gasteiger partial charge is 0.411 e. The number of hydrogen-bond acceptors (Lipinski definition) is 1. The highest BCUT2D eigenvalue weighted by Crippen LogP contribution is 2.39. The van der Waals surface area contributed by atoms with E-state index in [0.29, 0.717) is 6.54 Å². The molecule has 0 aromatic heterocycles. The van der Waals surface area contributed by atoms with Crippen LogP contribution in [0, 0.1) is 0 Å². The van der Waals surface area contributed by atoms with Crippen LogP contribution in [0.25, 0.3) is 0 Å². The first-order valence-electron chi connectivity index (χ1n) is 4.62. The minimum Gasteiger partial charge on any atom is -0.465 e. The van der Waals surface area contributed by atoms with E-state index in [4.69, 9.17) is 5.11 Å². The summed E-state index contributed by atoms with van der Waals surface area (Å²) in [5.74, 6) is 0. The fourth-order valence-corrected chi connectivity index (χ4v) is 2.02. The molecule has 0 atom stereocenters. The Balaban J connectivity index is 2.55. The molecule has 1 amide bonds. The van der Waals surface area contributed by atoms with Crippen molar-refractivity contribution in [2.24, 2.45) is 0 Å². The molecule has 1 aromatic rings. The molecule has 0 aliphatic carbocycles. The highest BCUT2D eigenvalue weighted by atomic mass is 16.4. The zero-order chi connectivity index (χ0) is 10.3. The molecule has 1 aliphatic rings. The maximum atomic E-state index is 11.0. The standard InChI is InChI=1S/C11H13NO2/c1-11(2)7-12(10(13)14)9-6-4-3-5-8(9)11/h3-6H,7H2,1-2H3,(H,13,14). The second-order valence-electron chi connectivity index (χ2n) is 4.27. The van der Waals surface area contributed by atoms with Gasteiger partial charge in [-0.1, -0.05) is 32.0 Å². The monoisotopic (exact) mass is 191 g/mol. The van der Waals surface area contributed by atoms with Crippen molar-refractivity contribution in [3.63, 3.8) is 0 Å². The number of anilines is 1. The molecule has 1 aliphatic heterocycles. The van der Waals surface area contributed by atoms with Gasteiger partial charge in [-0.3, -0.25) is 4.90 Å². The number of hydrogen-bond donors (Lipinski definition) is 1. The summed E-state index contributed by atoms with van der Waals surface area (Å²) in [6.45, 7) is 4.67. The lowest BCUT2D eigenvalue weighted by Crippen LogP contribution is -2.32. The van der Waals surface area contributed by atoms with Crippen molar-refractivity contribution in [3.8, 4) is 0 Å². The van der Waals surface area contributed by atoms with Gasteiger partial charge >= 0.3 is 6.09 Å². The highest BCUT2D eigenvalue weighted by molar-refractivity contribution is 5.90. The molecule has 2 rings (SSSR count). The highest BCUT2D eigenvalue weighted by Gasteiger charge is 2.37. The van der Waals surface area contributed by atoms with Crippen LogP contribution in [0.3, 0.4) is 0 Å². The SMILES string of the molecule is CC1(C)CN(C(=O)O)c2ccccc21. The fourth-order valence-electron chi connectivity index (χ4n) is 2.02. The molecule has 1 N–H and O–H groups in total. The summed E-state index contributed by atoms with van der Waals surface area (Å²) in [6, 6.07) is 7.68. The Morgan fingerprint density at radius 1 is 1.43 bits per heavy atom. The molecule has 3 heteroatoms. The molecule has 0 saturated heterocycles. The third kappa shape index (κ3) is 1.16. The number of fused-ring (bicyclic) bond motifs is 1. The van der Waals surface area contributed by atoms with E-state index in [0.717, 1.165) is 11.3 Å². The lowest BCUT2D eigenvalue weighted by atomic mass is 9.87. The predicted octanol–water partition coefficient (Wildman–Crippen LogP) is 2.46. The zero-order valence-electron chi connectivity index (χ0n) is 8.32. The average molecular weight is 191 g/mol. The van der Waals surface area contributed by atoms with Crippen molar-refractivity contribution in [2.75, 3.05) is 11.4 Å². The number of rotatable bonds is 0. The first-order valence-corrected chi connectivity index (χ1v) is 4.62. The third-order valence-electron chi connectivity index (χ3n) is 2.71. The molecule has 3 nitrogen and oxygen atoms in total. The van der Waals surface area contributed by atoms with Gasteiger partial charge in [-0.05, 0) is 11.6 Å².